The average Bonchev–Trinajstić information content (AvgIpc) is 3.19. The minimum atomic E-state index is -0.180. The van der Waals surface area contributed by atoms with Crippen molar-refractivity contribution in [3.8, 4) is 5.75 Å². The van der Waals surface area contributed by atoms with Crippen LogP contribution in [0.1, 0.15) is 29.6 Å². The molecule has 1 aliphatic heterocycles. The number of methoxy groups -OCH3 is 1. The van der Waals surface area contributed by atoms with Gasteiger partial charge in [-0.3, -0.25) is 4.79 Å². The van der Waals surface area contributed by atoms with E-state index in [9.17, 15) is 4.79 Å². The van der Waals surface area contributed by atoms with Gasteiger partial charge in [0.15, 0.2) is 0 Å². The van der Waals surface area contributed by atoms with Gasteiger partial charge in [-0.05, 0) is 37.3 Å². The van der Waals surface area contributed by atoms with Crippen LogP contribution in [-0.2, 0) is 4.74 Å². The predicted molar refractivity (Wildman–Crippen MR) is 75.7 cm³/mol. The van der Waals surface area contributed by atoms with Gasteiger partial charge in [-0.2, -0.15) is 0 Å². The van der Waals surface area contributed by atoms with E-state index in [2.05, 4.69) is 5.32 Å². The summed E-state index contributed by atoms with van der Waals surface area (Å²) >= 11 is 0. The Balaban J connectivity index is 1.76. The van der Waals surface area contributed by atoms with Crippen molar-refractivity contribution in [2.45, 2.75) is 31.4 Å². The fraction of sp³-hybridized carbons (Fsp3) is 0.533. The summed E-state index contributed by atoms with van der Waals surface area (Å²) in [7, 11) is 1.54. The van der Waals surface area contributed by atoms with Crippen molar-refractivity contribution < 1.29 is 14.3 Å². The third kappa shape index (κ3) is 2.45. The quantitative estimate of drug-likeness (QED) is 0.819. The molecule has 3 rings (SSSR count). The van der Waals surface area contributed by atoms with E-state index in [-0.39, 0.29) is 18.1 Å². The number of amides is 1. The summed E-state index contributed by atoms with van der Waals surface area (Å²) in [5.74, 6) is 0.934. The molecule has 1 aliphatic carbocycles. The van der Waals surface area contributed by atoms with E-state index < -0.39 is 0 Å². The third-order valence-corrected chi connectivity index (χ3v) is 4.04. The molecule has 2 atom stereocenters. The molecule has 3 N–H and O–H groups in total. The number of hydrogen-bond acceptors (Lipinski definition) is 4. The minimum absolute atomic E-state index is 0.0827. The summed E-state index contributed by atoms with van der Waals surface area (Å²) in [6.07, 6.45) is 3.43. The van der Waals surface area contributed by atoms with Crippen LogP contribution >= 0.6 is 0 Å². The first-order chi connectivity index (χ1) is 9.70. The van der Waals surface area contributed by atoms with Gasteiger partial charge < -0.3 is 20.5 Å². The summed E-state index contributed by atoms with van der Waals surface area (Å²) in [5, 5.41) is 3.06. The van der Waals surface area contributed by atoms with E-state index in [1.54, 1.807) is 18.2 Å². The van der Waals surface area contributed by atoms with Gasteiger partial charge in [0.1, 0.15) is 11.3 Å². The summed E-state index contributed by atoms with van der Waals surface area (Å²) in [5.41, 5.74) is 6.75. The molecule has 0 radical (unpaired) electrons. The Morgan fingerprint density at radius 1 is 1.40 bits per heavy atom. The molecule has 108 valence electrons. The smallest absolute Gasteiger partial charge is 0.257 e. The fourth-order valence-electron chi connectivity index (χ4n) is 2.86. The van der Waals surface area contributed by atoms with Crippen LogP contribution in [0.4, 0.5) is 5.69 Å². The van der Waals surface area contributed by atoms with Crippen LogP contribution in [0, 0.1) is 5.92 Å². The lowest BCUT2D eigenvalue weighted by Crippen LogP contribution is -2.41. The van der Waals surface area contributed by atoms with Crippen molar-refractivity contribution in [1.82, 2.24) is 5.32 Å². The lowest BCUT2D eigenvalue weighted by atomic mass is 10.0. The molecule has 2 unspecified atom stereocenters. The largest absolute Gasteiger partial charge is 0.496 e. The van der Waals surface area contributed by atoms with Gasteiger partial charge in [0.25, 0.3) is 5.91 Å². The minimum Gasteiger partial charge on any atom is -0.496 e. The average molecular weight is 276 g/mol. The van der Waals surface area contributed by atoms with E-state index in [1.807, 2.05) is 0 Å². The zero-order valence-electron chi connectivity index (χ0n) is 11.6. The molecule has 20 heavy (non-hydrogen) atoms. The lowest BCUT2D eigenvalue weighted by Gasteiger charge is -2.20. The normalized spacial score (nSPS) is 25.4. The van der Waals surface area contributed by atoms with Crippen LogP contribution in [0.25, 0.3) is 0 Å². The summed E-state index contributed by atoms with van der Waals surface area (Å²) in [6.45, 7) is 0.716. The molecule has 2 fully saturated rings. The highest BCUT2D eigenvalue weighted by Crippen LogP contribution is 2.39. The van der Waals surface area contributed by atoms with Gasteiger partial charge in [-0.15, -0.1) is 0 Å². The molecule has 2 aliphatic rings. The Morgan fingerprint density at radius 3 is 2.90 bits per heavy atom. The van der Waals surface area contributed by atoms with Crippen LogP contribution in [0.2, 0.25) is 0 Å². The molecule has 1 amide bonds. The van der Waals surface area contributed by atoms with E-state index in [4.69, 9.17) is 15.2 Å². The van der Waals surface area contributed by atoms with Crippen molar-refractivity contribution >= 4 is 11.6 Å². The molecule has 1 aromatic rings. The SMILES string of the molecule is COc1cccc(N)c1C(=O)NC1CCOC1C1CC1. The van der Waals surface area contributed by atoms with Crippen LogP contribution in [-0.4, -0.2) is 31.8 Å². The van der Waals surface area contributed by atoms with Gasteiger partial charge >= 0.3 is 0 Å². The molecule has 5 heteroatoms. The summed E-state index contributed by atoms with van der Waals surface area (Å²) < 4.78 is 11.0. The number of nitrogens with two attached hydrogens (primary N) is 1. The first-order valence-corrected chi connectivity index (χ1v) is 7.05. The molecule has 1 saturated heterocycles. The topological polar surface area (TPSA) is 73.6 Å². The monoisotopic (exact) mass is 276 g/mol. The number of ether oxygens (including phenoxy) is 2. The lowest BCUT2D eigenvalue weighted by molar-refractivity contribution is 0.0728. The molecule has 1 aromatic carbocycles. The van der Waals surface area contributed by atoms with Crippen LogP contribution < -0.4 is 15.8 Å². The number of anilines is 1. The van der Waals surface area contributed by atoms with Gasteiger partial charge in [0.2, 0.25) is 0 Å². The number of carbonyl (C=O) groups excluding carboxylic acids is 1. The first-order valence-electron chi connectivity index (χ1n) is 7.05. The van der Waals surface area contributed by atoms with Gasteiger partial charge in [-0.25, -0.2) is 0 Å². The number of rotatable bonds is 4. The Hall–Kier alpha value is -1.75. The highest BCUT2D eigenvalue weighted by molar-refractivity contribution is 6.02. The second-order valence-electron chi connectivity index (χ2n) is 5.47. The Morgan fingerprint density at radius 2 is 2.20 bits per heavy atom. The highest BCUT2D eigenvalue weighted by atomic mass is 16.5. The molecular formula is C15H20N2O3. The maximum Gasteiger partial charge on any atom is 0.257 e. The zero-order valence-corrected chi connectivity index (χ0v) is 11.6. The number of hydrogen-bond donors (Lipinski definition) is 2. The fourth-order valence-corrected chi connectivity index (χ4v) is 2.86. The number of carbonyl (C=O) groups is 1. The van der Waals surface area contributed by atoms with Crippen molar-refractivity contribution in [2.75, 3.05) is 19.5 Å². The van der Waals surface area contributed by atoms with E-state index in [0.29, 0.717) is 29.5 Å². The highest BCUT2D eigenvalue weighted by Gasteiger charge is 2.41. The predicted octanol–water partition coefficient (Wildman–Crippen LogP) is 1.57. The Bertz CT molecular complexity index is 514. The number of benzene rings is 1. The van der Waals surface area contributed by atoms with Crippen molar-refractivity contribution in [2.24, 2.45) is 5.92 Å². The van der Waals surface area contributed by atoms with E-state index in [0.717, 1.165) is 6.42 Å². The maximum absolute atomic E-state index is 12.5. The molecule has 0 spiro atoms. The molecule has 1 saturated carbocycles. The van der Waals surface area contributed by atoms with Crippen LogP contribution in [0.3, 0.4) is 0 Å². The van der Waals surface area contributed by atoms with Crippen molar-refractivity contribution in [3.05, 3.63) is 23.8 Å². The molecule has 0 aromatic heterocycles. The van der Waals surface area contributed by atoms with Crippen LogP contribution in [0.15, 0.2) is 18.2 Å². The second-order valence-corrected chi connectivity index (χ2v) is 5.47. The standard InChI is InChI=1S/C15H20N2O3/c1-19-12-4-2-3-10(16)13(12)15(18)17-11-7-8-20-14(11)9-5-6-9/h2-4,9,11,14H,5-8,16H2,1H3,(H,17,18). The molecule has 0 bridgehead atoms. The molecule has 1 heterocycles. The van der Waals surface area contributed by atoms with Crippen molar-refractivity contribution in [3.63, 3.8) is 0 Å². The van der Waals surface area contributed by atoms with Crippen LogP contribution in [0.5, 0.6) is 5.75 Å². The third-order valence-electron chi connectivity index (χ3n) is 4.04. The number of nitrogens with one attached hydrogen (secondary N) is 1. The maximum atomic E-state index is 12.5. The van der Waals surface area contributed by atoms with Gasteiger partial charge in [0.05, 0.1) is 19.3 Å². The second kappa shape index (κ2) is 5.32. The Labute approximate surface area is 118 Å². The van der Waals surface area contributed by atoms with Crippen molar-refractivity contribution in [1.29, 1.82) is 0 Å². The first kappa shape index (κ1) is 13.2. The summed E-state index contributed by atoms with van der Waals surface area (Å²) in [6, 6.07) is 5.31. The molecular weight excluding hydrogens is 256 g/mol. The van der Waals surface area contributed by atoms with E-state index >= 15 is 0 Å². The zero-order chi connectivity index (χ0) is 14.1. The summed E-state index contributed by atoms with van der Waals surface area (Å²) in [4.78, 5) is 12.5. The van der Waals surface area contributed by atoms with Gasteiger partial charge in [0, 0.05) is 12.3 Å². The van der Waals surface area contributed by atoms with E-state index in [1.165, 1.54) is 20.0 Å². The Kier molecular flexibility index (Phi) is 3.53. The van der Waals surface area contributed by atoms with Gasteiger partial charge in [-0.1, -0.05) is 6.07 Å². The molecule has 5 nitrogen and oxygen atoms in total. The number of nitrogen functional groups attached to an aromatic ring is 1.